The predicted octanol–water partition coefficient (Wildman–Crippen LogP) is 3.28. The lowest BCUT2D eigenvalue weighted by atomic mass is 9.94. The number of rotatable bonds is 4. The van der Waals surface area contributed by atoms with Gasteiger partial charge in [0, 0.05) is 37.1 Å². The minimum absolute atomic E-state index is 0.128. The molecule has 1 aliphatic heterocycles. The van der Waals surface area contributed by atoms with E-state index in [0.717, 1.165) is 17.3 Å². The van der Waals surface area contributed by atoms with Gasteiger partial charge in [0.25, 0.3) is 0 Å². The van der Waals surface area contributed by atoms with Crippen molar-refractivity contribution in [3.8, 4) is 5.82 Å². The molecule has 0 N–H and O–H groups in total. The van der Waals surface area contributed by atoms with Crippen LogP contribution < -0.4 is 0 Å². The molecule has 0 bridgehead atoms. The maximum absolute atomic E-state index is 13.1. The monoisotopic (exact) mass is 400 g/mol. The Bertz CT molecular complexity index is 1070. The van der Waals surface area contributed by atoms with Gasteiger partial charge in [-0.25, -0.2) is 22.8 Å². The zero-order valence-corrected chi connectivity index (χ0v) is 16.3. The Hall–Kier alpha value is -2.58. The van der Waals surface area contributed by atoms with Crippen LogP contribution in [0, 0.1) is 12.7 Å². The molecule has 1 aromatic carbocycles. The van der Waals surface area contributed by atoms with Gasteiger partial charge in [-0.1, -0.05) is 6.07 Å². The number of nitrogens with zero attached hydrogens (tertiary/aromatic N) is 4. The van der Waals surface area contributed by atoms with E-state index in [1.165, 1.54) is 28.6 Å². The highest BCUT2D eigenvalue weighted by Crippen LogP contribution is 2.30. The summed E-state index contributed by atoms with van der Waals surface area (Å²) >= 11 is 0. The first-order chi connectivity index (χ1) is 13.4. The Balaban J connectivity index is 1.49. The van der Waals surface area contributed by atoms with Crippen LogP contribution >= 0.6 is 0 Å². The molecule has 3 aromatic rings. The zero-order valence-electron chi connectivity index (χ0n) is 15.5. The van der Waals surface area contributed by atoms with Crippen molar-refractivity contribution in [2.24, 2.45) is 0 Å². The smallest absolute Gasteiger partial charge is 0.243 e. The van der Waals surface area contributed by atoms with E-state index in [9.17, 15) is 12.8 Å². The van der Waals surface area contributed by atoms with Crippen LogP contribution in [-0.4, -0.2) is 40.3 Å². The number of aromatic nitrogens is 3. The lowest BCUT2D eigenvalue weighted by Crippen LogP contribution is -2.38. The Labute approximate surface area is 163 Å². The van der Waals surface area contributed by atoms with Gasteiger partial charge in [-0.15, -0.1) is 0 Å². The third kappa shape index (κ3) is 3.57. The van der Waals surface area contributed by atoms with Crippen LogP contribution in [0.3, 0.4) is 0 Å². The Morgan fingerprint density at radius 2 is 1.79 bits per heavy atom. The van der Waals surface area contributed by atoms with Crippen LogP contribution in [0.1, 0.15) is 30.3 Å². The summed E-state index contributed by atoms with van der Waals surface area (Å²) < 4.78 is 42.0. The van der Waals surface area contributed by atoms with Crippen LogP contribution in [0.15, 0.2) is 59.8 Å². The summed E-state index contributed by atoms with van der Waals surface area (Å²) in [4.78, 5) is 9.13. The molecule has 0 aliphatic carbocycles. The van der Waals surface area contributed by atoms with Gasteiger partial charge in [-0.05, 0) is 56.2 Å². The minimum Gasteiger partial charge on any atom is -0.288 e. The molecule has 0 radical (unpaired) electrons. The van der Waals surface area contributed by atoms with E-state index in [0.29, 0.717) is 25.9 Å². The maximum atomic E-state index is 13.1. The first kappa shape index (κ1) is 18.8. The number of imidazole rings is 1. The lowest BCUT2D eigenvalue weighted by molar-refractivity contribution is 0.316. The number of pyridine rings is 1. The van der Waals surface area contributed by atoms with E-state index in [2.05, 4.69) is 4.98 Å². The normalized spacial score (nSPS) is 16.4. The highest BCUT2D eigenvalue weighted by Gasteiger charge is 2.30. The number of hydrogen-bond donors (Lipinski definition) is 0. The predicted molar refractivity (Wildman–Crippen MR) is 103 cm³/mol. The second kappa shape index (κ2) is 7.44. The molecule has 6 nitrogen and oxygen atoms in total. The van der Waals surface area contributed by atoms with Crippen molar-refractivity contribution in [2.75, 3.05) is 13.1 Å². The van der Waals surface area contributed by atoms with Gasteiger partial charge in [0.2, 0.25) is 10.0 Å². The quantitative estimate of drug-likeness (QED) is 0.674. The lowest BCUT2D eigenvalue weighted by Gasteiger charge is -2.31. The minimum atomic E-state index is -3.60. The summed E-state index contributed by atoms with van der Waals surface area (Å²) in [6.07, 6.45) is 5.00. The van der Waals surface area contributed by atoms with E-state index < -0.39 is 15.8 Å². The summed E-state index contributed by atoms with van der Waals surface area (Å²) in [6.45, 7) is 2.76. The molecule has 0 spiro atoms. The molecule has 146 valence electrons. The number of halogens is 1. The molecule has 1 saturated heterocycles. The first-order valence-corrected chi connectivity index (χ1v) is 10.6. The highest BCUT2D eigenvalue weighted by atomic mass is 32.2. The third-order valence-electron chi connectivity index (χ3n) is 5.15. The van der Waals surface area contributed by atoms with Gasteiger partial charge < -0.3 is 0 Å². The largest absolute Gasteiger partial charge is 0.288 e. The van der Waals surface area contributed by atoms with Crippen LogP contribution in [0.4, 0.5) is 4.39 Å². The summed E-state index contributed by atoms with van der Waals surface area (Å²) in [6, 6.07) is 10.9. The van der Waals surface area contributed by atoms with E-state index in [-0.39, 0.29) is 10.8 Å². The van der Waals surface area contributed by atoms with Crippen molar-refractivity contribution in [3.63, 3.8) is 0 Å². The zero-order chi connectivity index (χ0) is 19.7. The molecule has 0 saturated carbocycles. The number of piperidine rings is 1. The fraction of sp³-hybridized carbons (Fsp3) is 0.300. The molecule has 3 heterocycles. The van der Waals surface area contributed by atoms with Crippen LogP contribution in [0.2, 0.25) is 0 Å². The molecular weight excluding hydrogens is 379 g/mol. The molecule has 0 atom stereocenters. The molecule has 1 fully saturated rings. The van der Waals surface area contributed by atoms with Crippen molar-refractivity contribution in [1.82, 2.24) is 18.8 Å². The van der Waals surface area contributed by atoms with Crippen molar-refractivity contribution in [3.05, 3.63) is 72.2 Å². The molecule has 0 unspecified atom stereocenters. The molecule has 0 amide bonds. The van der Waals surface area contributed by atoms with E-state index in [4.69, 9.17) is 4.98 Å². The number of benzene rings is 1. The Morgan fingerprint density at radius 3 is 2.43 bits per heavy atom. The van der Waals surface area contributed by atoms with E-state index in [1.807, 2.05) is 35.9 Å². The van der Waals surface area contributed by atoms with Crippen LogP contribution in [-0.2, 0) is 10.0 Å². The average Bonchev–Trinajstić information content (AvgIpc) is 3.14. The number of hydrogen-bond acceptors (Lipinski definition) is 4. The highest BCUT2D eigenvalue weighted by molar-refractivity contribution is 7.89. The third-order valence-corrected chi connectivity index (χ3v) is 7.06. The molecule has 28 heavy (non-hydrogen) atoms. The second-order valence-electron chi connectivity index (χ2n) is 6.90. The van der Waals surface area contributed by atoms with Crippen molar-refractivity contribution < 1.29 is 12.8 Å². The van der Waals surface area contributed by atoms with Gasteiger partial charge >= 0.3 is 0 Å². The fourth-order valence-corrected chi connectivity index (χ4v) is 5.04. The molecule has 8 heteroatoms. The van der Waals surface area contributed by atoms with Crippen molar-refractivity contribution >= 4 is 10.0 Å². The van der Waals surface area contributed by atoms with Crippen LogP contribution in [0.5, 0.6) is 0 Å². The molecular formula is C20H21FN4O2S. The number of aryl methyl sites for hydroxylation is 1. The van der Waals surface area contributed by atoms with Gasteiger partial charge in [-0.2, -0.15) is 4.31 Å². The maximum Gasteiger partial charge on any atom is 0.243 e. The Morgan fingerprint density at radius 1 is 1.07 bits per heavy atom. The van der Waals surface area contributed by atoms with E-state index in [1.54, 1.807) is 6.20 Å². The molecule has 4 rings (SSSR count). The second-order valence-corrected chi connectivity index (χ2v) is 8.84. The molecule has 1 aliphatic rings. The fourth-order valence-electron chi connectivity index (χ4n) is 3.57. The van der Waals surface area contributed by atoms with Gasteiger partial charge in [0.1, 0.15) is 17.5 Å². The summed E-state index contributed by atoms with van der Waals surface area (Å²) in [7, 11) is -3.60. The molecule has 2 aromatic heterocycles. The summed E-state index contributed by atoms with van der Waals surface area (Å²) in [5, 5.41) is 0. The topological polar surface area (TPSA) is 68.1 Å². The standard InChI is InChI=1S/C20H21FN4O2S/c1-15-22-11-14-25(15)20-4-2-3-19(23-20)16-9-12-24(13-10-16)28(26,27)18-7-5-17(21)6-8-18/h2-8,11,14,16H,9-10,12-13H2,1H3. The SMILES string of the molecule is Cc1nccn1-c1cccc(C2CCN(S(=O)(=O)c3ccc(F)cc3)CC2)n1. The Kier molecular flexibility index (Phi) is 4.99. The average molecular weight is 400 g/mol. The van der Waals surface area contributed by atoms with Gasteiger partial charge in [0.05, 0.1) is 4.90 Å². The number of sulfonamides is 1. The van der Waals surface area contributed by atoms with Crippen LogP contribution in [0.25, 0.3) is 5.82 Å². The van der Waals surface area contributed by atoms with Crippen molar-refractivity contribution in [2.45, 2.75) is 30.6 Å². The summed E-state index contributed by atoms with van der Waals surface area (Å²) in [5.74, 6) is 1.43. The van der Waals surface area contributed by atoms with Gasteiger partial charge in [0.15, 0.2) is 0 Å². The van der Waals surface area contributed by atoms with Gasteiger partial charge in [-0.3, -0.25) is 4.57 Å². The van der Waals surface area contributed by atoms with E-state index >= 15 is 0 Å². The first-order valence-electron chi connectivity index (χ1n) is 9.18. The van der Waals surface area contributed by atoms with Crippen molar-refractivity contribution in [1.29, 1.82) is 0 Å². The summed E-state index contributed by atoms with van der Waals surface area (Å²) in [5.41, 5.74) is 0.962.